The highest BCUT2D eigenvalue weighted by Crippen LogP contribution is 2.25. The fraction of sp³-hybridized carbons (Fsp3) is 0.188. The topological polar surface area (TPSA) is 59.8 Å². The number of allylic oxidation sites excluding steroid dienone is 1. The lowest BCUT2D eigenvalue weighted by molar-refractivity contribution is -0.118. The smallest absolute Gasteiger partial charge is 0.230 e. The molecule has 120 valence electrons. The number of thioether (sulfide) groups is 1. The van der Waals surface area contributed by atoms with Crippen LogP contribution in [0, 0.1) is 5.82 Å². The molecule has 0 fully saturated rings. The van der Waals surface area contributed by atoms with Gasteiger partial charge in [0.15, 0.2) is 11.0 Å². The first-order valence-electron chi connectivity index (χ1n) is 6.96. The third-order valence-corrected chi connectivity index (χ3v) is 3.89. The van der Waals surface area contributed by atoms with Crippen LogP contribution in [0.15, 0.2) is 54.7 Å². The Morgan fingerprint density at radius 1 is 1.30 bits per heavy atom. The molecule has 1 aromatic heterocycles. The Balaban J connectivity index is 2.21. The fourth-order valence-corrected chi connectivity index (χ4v) is 2.68. The van der Waals surface area contributed by atoms with Gasteiger partial charge < -0.3 is 5.32 Å². The zero-order chi connectivity index (χ0) is 16.7. The fourth-order valence-electron chi connectivity index (χ4n) is 1.90. The Kier molecular flexibility index (Phi) is 6.10. The van der Waals surface area contributed by atoms with Crippen LogP contribution in [0.4, 0.5) is 4.39 Å². The van der Waals surface area contributed by atoms with Crippen LogP contribution in [0.3, 0.4) is 0 Å². The SMILES string of the molecule is C=CCNC(=O)CSc1nnc(-c2ccccc2F)n1CC=C. The molecule has 0 bridgehead atoms. The van der Waals surface area contributed by atoms with Crippen molar-refractivity contribution in [3.8, 4) is 11.4 Å². The summed E-state index contributed by atoms with van der Waals surface area (Å²) in [5, 5.41) is 11.4. The summed E-state index contributed by atoms with van der Waals surface area (Å²) < 4.78 is 15.7. The molecule has 0 unspecified atom stereocenters. The molecular weight excluding hydrogens is 315 g/mol. The van der Waals surface area contributed by atoms with Crippen LogP contribution < -0.4 is 5.32 Å². The zero-order valence-corrected chi connectivity index (χ0v) is 13.4. The van der Waals surface area contributed by atoms with Crippen LogP contribution in [0.5, 0.6) is 0 Å². The van der Waals surface area contributed by atoms with Crippen molar-refractivity contribution in [2.24, 2.45) is 0 Å². The molecule has 23 heavy (non-hydrogen) atoms. The van der Waals surface area contributed by atoms with Crippen LogP contribution in [-0.2, 0) is 11.3 Å². The third-order valence-electron chi connectivity index (χ3n) is 2.92. The van der Waals surface area contributed by atoms with E-state index in [1.165, 1.54) is 17.8 Å². The van der Waals surface area contributed by atoms with Crippen molar-refractivity contribution in [3.05, 3.63) is 55.4 Å². The number of benzene rings is 1. The van der Waals surface area contributed by atoms with Gasteiger partial charge in [-0.15, -0.1) is 23.4 Å². The average molecular weight is 332 g/mol. The molecule has 0 atom stereocenters. The van der Waals surface area contributed by atoms with Crippen LogP contribution in [-0.4, -0.2) is 33.0 Å². The number of hydrogen-bond donors (Lipinski definition) is 1. The van der Waals surface area contributed by atoms with E-state index in [0.717, 1.165) is 0 Å². The number of rotatable bonds is 8. The second kappa shape index (κ2) is 8.28. The number of hydrogen-bond acceptors (Lipinski definition) is 4. The molecule has 1 aromatic carbocycles. The molecule has 0 radical (unpaired) electrons. The molecule has 2 rings (SSSR count). The van der Waals surface area contributed by atoms with Crippen molar-refractivity contribution >= 4 is 17.7 Å². The monoisotopic (exact) mass is 332 g/mol. The summed E-state index contributed by atoms with van der Waals surface area (Å²) in [6, 6.07) is 6.37. The van der Waals surface area contributed by atoms with Crippen molar-refractivity contribution in [3.63, 3.8) is 0 Å². The van der Waals surface area contributed by atoms with Crippen molar-refractivity contribution in [2.45, 2.75) is 11.7 Å². The lowest BCUT2D eigenvalue weighted by Gasteiger charge is -2.08. The minimum atomic E-state index is -0.370. The zero-order valence-electron chi connectivity index (χ0n) is 12.5. The maximum atomic E-state index is 14.0. The van der Waals surface area contributed by atoms with E-state index in [2.05, 4.69) is 28.7 Å². The Hall–Kier alpha value is -2.41. The summed E-state index contributed by atoms with van der Waals surface area (Å²) >= 11 is 1.24. The number of aromatic nitrogens is 3. The van der Waals surface area contributed by atoms with Crippen LogP contribution in [0.1, 0.15) is 0 Å². The van der Waals surface area contributed by atoms with E-state index in [1.807, 2.05) is 0 Å². The standard InChI is InChI=1S/C16H17FN4OS/c1-3-9-18-14(22)11-23-16-20-19-15(21(16)10-4-2)12-7-5-6-8-13(12)17/h3-8H,1-2,9-11H2,(H,18,22). The van der Waals surface area contributed by atoms with Gasteiger partial charge in [-0.25, -0.2) is 4.39 Å². The highest BCUT2D eigenvalue weighted by atomic mass is 32.2. The van der Waals surface area contributed by atoms with Gasteiger partial charge in [-0.2, -0.15) is 0 Å². The Bertz CT molecular complexity index is 714. The van der Waals surface area contributed by atoms with E-state index in [4.69, 9.17) is 0 Å². The summed E-state index contributed by atoms with van der Waals surface area (Å²) in [4.78, 5) is 11.7. The van der Waals surface area contributed by atoms with Gasteiger partial charge in [0.05, 0.1) is 11.3 Å². The van der Waals surface area contributed by atoms with Crippen LogP contribution >= 0.6 is 11.8 Å². The molecule has 0 aliphatic rings. The first kappa shape index (κ1) is 17.0. The molecule has 2 aromatic rings. The van der Waals surface area contributed by atoms with E-state index in [-0.39, 0.29) is 17.5 Å². The van der Waals surface area contributed by atoms with E-state index in [9.17, 15) is 9.18 Å². The molecule has 0 spiro atoms. The van der Waals surface area contributed by atoms with Crippen molar-refractivity contribution in [1.82, 2.24) is 20.1 Å². The maximum Gasteiger partial charge on any atom is 0.230 e. The number of carbonyl (C=O) groups excluding carboxylic acids is 1. The van der Waals surface area contributed by atoms with Gasteiger partial charge in [0, 0.05) is 13.1 Å². The molecule has 1 N–H and O–H groups in total. The molecule has 0 saturated carbocycles. The lowest BCUT2D eigenvalue weighted by Crippen LogP contribution is -2.25. The van der Waals surface area contributed by atoms with Gasteiger partial charge in [-0.1, -0.05) is 36.0 Å². The van der Waals surface area contributed by atoms with E-state index in [1.54, 1.807) is 34.9 Å². The molecule has 7 heteroatoms. The second-order valence-electron chi connectivity index (χ2n) is 4.57. The van der Waals surface area contributed by atoms with E-state index < -0.39 is 0 Å². The Morgan fingerprint density at radius 2 is 2.09 bits per heavy atom. The summed E-state index contributed by atoms with van der Waals surface area (Å²) in [6.07, 6.45) is 3.29. The quantitative estimate of drug-likeness (QED) is 0.596. The van der Waals surface area contributed by atoms with Gasteiger partial charge in [0.2, 0.25) is 5.91 Å². The second-order valence-corrected chi connectivity index (χ2v) is 5.51. The van der Waals surface area contributed by atoms with Gasteiger partial charge in [-0.05, 0) is 12.1 Å². The summed E-state index contributed by atoms with van der Waals surface area (Å²) in [5.41, 5.74) is 0.366. The summed E-state index contributed by atoms with van der Waals surface area (Å²) in [6.45, 7) is 8.08. The van der Waals surface area contributed by atoms with Gasteiger partial charge in [-0.3, -0.25) is 9.36 Å². The largest absolute Gasteiger partial charge is 0.352 e. The van der Waals surface area contributed by atoms with Gasteiger partial charge in [0.1, 0.15) is 5.82 Å². The maximum absolute atomic E-state index is 14.0. The molecule has 5 nitrogen and oxygen atoms in total. The average Bonchev–Trinajstić information content (AvgIpc) is 2.94. The number of nitrogens with one attached hydrogen (secondary N) is 1. The Labute approximate surface area is 138 Å². The molecule has 0 saturated heterocycles. The lowest BCUT2D eigenvalue weighted by atomic mass is 10.2. The summed E-state index contributed by atoms with van der Waals surface area (Å²) in [5.74, 6) is 0.110. The van der Waals surface area contributed by atoms with Crippen LogP contribution in [0.25, 0.3) is 11.4 Å². The predicted molar refractivity (Wildman–Crippen MR) is 89.5 cm³/mol. The summed E-state index contributed by atoms with van der Waals surface area (Å²) in [7, 11) is 0. The van der Waals surface area contributed by atoms with Crippen molar-refractivity contribution in [1.29, 1.82) is 0 Å². The number of amides is 1. The minimum Gasteiger partial charge on any atom is -0.352 e. The first-order chi connectivity index (χ1) is 11.2. The molecule has 0 aliphatic heterocycles. The third kappa shape index (κ3) is 4.29. The minimum absolute atomic E-state index is 0.129. The molecular formula is C16H17FN4OS. The highest BCUT2D eigenvalue weighted by molar-refractivity contribution is 7.99. The predicted octanol–water partition coefficient (Wildman–Crippen LogP) is 2.66. The van der Waals surface area contributed by atoms with E-state index >= 15 is 0 Å². The van der Waals surface area contributed by atoms with Crippen LogP contribution in [0.2, 0.25) is 0 Å². The van der Waals surface area contributed by atoms with E-state index in [0.29, 0.717) is 29.6 Å². The van der Waals surface area contributed by atoms with Crippen molar-refractivity contribution < 1.29 is 9.18 Å². The number of carbonyl (C=O) groups is 1. The normalized spacial score (nSPS) is 10.3. The Morgan fingerprint density at radius 3 is 2.78 bits per heavy atom. The molecule has 0 aliphatic carbocycles. The van der Waals surface area contributed by atoms with Crippen molar-refractivity contribution in [2.75, 3.05) is 12.3 Å². The highest BCUT2D eigenvalue weighted by Gasteiger charge is 2.17. The molecule has 1 amide bonds. The number of halogens is 1. The molecule has 1 heterocycles. The first-order valence-corrected chi connectivity index (χ1v) is 7.95. The van der Waals surface area contributed by atoms with Gasteiger partial charge in [0.25, 0.3) is 0 Å². The van der Waals surface area contributed by atoms with Gasteiger partial charge >= 0.3 is 0 Å². The number of nitrogens with zero attached hydrogens (tertiary/aromatic N) is 3.